The van der Waals surface area contributed by atoms with E-state index in [1.165, 1.54) is 48.5 Å². The number of carbonyl (C=O) groups excluding carboxylic acids is 3. The molecule has 0 atom stereocenters. The largest absolute Gasteiger partial charge is 0.504 e. The molecule has 0 spiro atoms. The zero-order valence-electron chi connectivity index (χ0n) is 14.5. The molecule has 3 rings (SSSR count). The van der Waals surface area contributed by atoms with Crippen LogP contribution in [0, 0.1) is 0 Å². The highest BCUT2D eigenvalue weighted by molar-refractivity contribution is 6.29. The van der Waals surface area contributed by atoms with Crippen LogP contribution in [0.15, 0.2) is 48.0 Å². The lowest BCUT2D eigenvalue weighted by molar-refractivity contribution is -0.120. The fourth-order valence-corrected chi connectivity index (χ4v) is 2.74. The number of phenolic OH excluding ortho intramolecular Hbond substituents is 2. The van der Waals surface area contributed by atoms with Crippen LogP contribution in [0.25, 0.3) is 6.08 Å². The monoisotopic (exact) mass is 367 g/mol. The third kappa shape index (κ3) is 3.67. The number of esters is 1. The van der Waals surface area contributed by atoms with E-state index in [0.29, 0.717) is 16.8 Å². The number of rotatable bonds is 4. The molecular formula is C20H17NO6. The predicted molar refractivity (Wildman–Crippen MR) is 97.3 cm³/mol. The summed E-state index contributed by atoms with van der Waals surface area (Å²) in [5.41, 5.74) is 1.44. The number of benzene rings is 2. The van der Waals surface area contributed by atoms with Gasteiger partial charge in [0.1, 0.15) is 0 Å². The van der Waals surface area contributed by atoms with Crippen LogP contribution in [-0.4, -0.2) is 34.6 Å². The van der Waals surface area contributed by atoms with E-state index in [1.807, 2.05) is 0 Å². The van der Waals surface area contributed by atoms with Gasteiger partial charge in [-0.25, -0.2) is 9.69 Å². The molecule has 0 radical (unpaired) electrons. The molecule has 1 fully saturated rings. The van der Waals surface area contributed by atoms with Crippen LogP contribution in [0.5, 0.6) is 11.5 Å². The molecule has 7 nitrogen and oxygen atoms in total. The van der Waals surface area contributed by atoms with Gasteiger partial charge in [0.05, 0.1) is 24.3 Å². The number of imide groups is 1. The van der Waals surface area contributed by atoms with Gasteiger partial charge in [0.2, 0.25) is 5.91 Å². The number of hydrogen-bond donors (Lipinski definition) is 2. The quantitative estimate of drug-likeness (QED) is 0.373. The number of ether oxygens (including phenoxy) is 1. The first kappa shape index (κ1) is 18.2. The fraction of sp³-hybridized carbons (Fsp3) is 0.150. The van der Waals surface area contributed by atoms with Crippen molar-refractivity contribution in [1.82, 2.24) is 0 Å². The Labute approximate surface area is 155 Å². The molecule has 2 N–H and O–H groups in total. The standard InChI is InChI=1S/C20H17NO6/c1-2-27-20(26)13-4-6-15(7-5-13)21-18(24)11-14(19(21)25)9-12-3-8-16(22)17(23)10-12/h3-10,22-23H,2,11H2,1H3/b14-9+. The molecular weight excluding hydrogens is 350 g/mol. The van der Waals surface area contributed by atoms with Gasteiger partial charge in [-0.05, 0) is 55.0 Å². The zero-order chi connectivity index (χ0) is 19.6. The molecule has 1 aliphatic heterocycles. The van der Waals surface area contributed by atoms with Crippen LogP contribution < -0.4 is 4.90 Å². The van der Waals surface area contributed by atoms with Crippen molar-refractivity contribution in [2.24, 2.45) is 0 Å². The zero-order valence-corrected chi connectivity index (χ0v) is 14.5. The summed E-state index contributed by atoms with van der Waals surface area (Å²) in [5, 5.41) is 18.9. The highest BCUT2D eigenvalue weighted by Crippen LogP contribution is 2.30. The predicted octanol–water partition coefficient (Wildman–Crippen LogP) is 2.62. The van der Waals surface area contributed by atoms with Crippen LogP contribution in [0.3, 0.4) is 0 Å². The Morgan fingerprint density at radius 3 is 2.44 bits per heavy atom. The summed E-state index contributed by atoms with van der Waals surface area (Å²) in [6.45, 7) is 1.96. The first-order valence-electron chi connectivity index (χ1n) is 8.27. The van der Waals surface area contributed by atoms with Crippen molar-refractivity contribution in [3.8, 4) is 11.5 Å². The van der Waals surface area contributed by atoms with Gasteiger partial charge in [0, 0.05) is 5.57 Å². The Kier molecular flexibility index (Phi) is 4.94. The number of aromatic hydroxyl groups is 2. The lowest BCUT2D eigenvalue weighted by Crippen LogP contribution is -2.28. The minimum atomic E-state index is -0.476. The number of amides is 2. The Bertz CT molecular complexity index is 945. The summed E-state index contributed by atoms with van der Waals surface area (Å²) in [5.74, 6) is -1.92. The van der Waals surface area contributed by atoms with Crippen LogP contribution in [0.1, 0.15) is 29.3 Å². The molecule has 2 aromatic rings. The Balaban J connectivity index is 1.84. The van der Waals surface area contributed by atoms with Gasteiger partial charge >= 0.3 is 5.97 Å². The van der Waals surface area contributed by atoms with E-state index in [1.54, 1.807) is 6.92 Å². The normalized spacial score (nSPS) is 15.4. The van der Waals surface area contributed by atoms with Gasteiger partial charge in [-0.1, -0.05) is 6.07 Å². The maximum atomic E-state index is 12.6. The smallest absolute Gasteiger partial charge is 0.338 e. The second-order valence-electron chi connectivity index (χ2n) is 5.90. The van der Waals surface area contributed by atoms with Crippen molar-refractivity contribution in [3.63, 3.8) is 0 Å². The van der Waals surface area contributed by atoms with Crippen LogP contribution in [-0.2, 0) is 14.3 Å². The summed E-state index contributed by atoms with van der Waals surface area (Å²) in [4.78, 5) is 37.7. The molecule has 0 saturated carbocycles. The average Bonchev–Trinajstić information content (AvgIpc) is 2.92. The topological polar surface area (TPSA) is 104 Å². The number of carbonyl (C=O) groups is 3. The van der Waals surface area contributed by atoms with Crippen molar-refractivity contribution in [2.45, 2.75) is 13.3 Å². The summed E-state index contributed by atoms with van der Waals surface area (Å²) in [7, 11) is 0. The highest BCUT2D eigenvalue weighted by Gasteiger charge is 2.35. The molecule has 0 aliphatic carbocycles. The van der Waals surface area contributed by atoms with Gasteiger partial charge in [-0.2, -0.15) is 0 Å². The summed E-state index contributed by atoms with van der Waals surface area (Å²) in [6, 6.07) is 10.1. The average molecular weight is 367 g/mol. The van der Waals surface area contributed by atoms with E-state index in [4.69, 9.17) is 4.74 Å². The third-order valence-electron chi connectivity index (χ3n) is 4.05. The molecule has 0 unspecified atom stereocenters. The van der Waals surface area contributed by atoms with E-state index < -0.39 is 17.8 Å². The van der Waals surface area contributed by atoms with Gasteiger partial charge in [-0.15, -0.1) is 0 Å². The molecule has 1 heterocycles. The van der Waals surface area contributed by atoms with E-state index in [0.717, 1.165) is 4.90 Å². The van der Waals surface area contributed by atoms with Gasteiger partial charge in [0.25, 0.3) is 5.91 Å². The maximum absolute atomic E-state index is 12.6. The van der Waals surface area contributed by atoms with E-state index in [-0.39, 0.29) is 30.1 Å². The molecule has 2 amide bonds. The van der Waals surface area contributed by atoms with Crippen LogP contribution in [0.2, 0.25) is 0 Å². The molecule has 27 heavy (non-hydrogen) atoms. The molecule has 0 aromatic heterocycles. The molecule has 1 saturated heterocycles. The minimum Gasteiger partial charge on any atom is -0.504 e. The Morgan fingerprint density at radius 2 is 1.81 bits per heavy atom. The summed E-state index contributed by atoms with van der Waals surface area (Å²) < 4.78 is 4.90. The summed E-state index contributed by atoms with van der Waals surface area (Å²) in [6.07, 6.45) is 1.41. The van der Waals surface area contributed by atoms with Crippen LogP contribution in [0.4, 0.5) is 5.69 Å². The lowest BCUT2D eigenvalue weighted by atomic mass is 10.1. The van der Waals surface area contributed by atoms with Gasteiger partial charge < -0.3 is 14.9 Å². The minimum absolute atomic E-state index is 0.0832. The first-order chi connectivity index (χ1) is 12.9. The van der Waals surface area contributed by atoms with Gasteiger partial charge in [0.15, 0.2) is 11.5 Å². The second kappa shape index (κ2) is 7.33. The second-order valence-corrected chi connectivity index (χ2v) is 5.90. The summed E-state index contributed by atoms with van der Waals surface area (Å²) >= 11 is 0. The Morgan fingerprint density at radius 1 is 1.11 bits per heavy atom. The molecule has 0 bridgehead atoms. The van der Waals surface area contributed by atoms with E-state index in [9.17, 15) is 24.6 Å². The maximum Gasteiger partial charge on any atom is 0.338 e. The van der Waals surface area contributed by atoms with Crippen molar-refractivity contribution in [1.29, 1.82) is 0 Å². The molecule has 7 heteroatoms. The van der Waals surface area contributed by atoms with E-state index in [2.05, 4.69) is 0 Å². The molecule has 138 valence electrons. The van der Waals surface area contributed by atoms with Crippen molar-refractivity contribution in [3.05, 3.63) is 59.2 Å². The number of anilines is 1. The fourth-order valence-electron chi connectivity index (χ4n) is 2.74. The van der Waals surface area contributed by atoms with Gasteiger partial charge in [-0.3, -0.25) is 9.59 Å². The highest BCUT2D eigenvalue weighted by atomic mass is 16.5. The van der Waals surface area contributed by atoms with Crippen LogP contribution >= 0.6 is 0 Å². The lowest BCUT2D eigenvalue weighted by Gasteiger charge is -2.13. The van der Waals surface area contributed by atoms with E-state index >= 15 is 0 Å². The molecule has 2 aromatic carbocycles. The SMILES string of the molecule is CCOC(=O)c1ccc(N2C(=O)C/C(=C\c3ccc(O)c(O)c3)C2=O)cc1. The van der Waals surface area contributed by atoms with Crippen molar-refractivity contribution >= 4 is 29.5 Å². The molecule has 1 aliphatic rings. The first-order valence-corrected chi connectivity index (χ1v) is 8.27. The van der Waals surface area contributed by atoms with Crippen molar-refractivity contribution < 1.29 is 29.3 Å². The number of nitrogens with zero attached hydrogens (tertiary/aromatic N) is 1. The number of hydrogen-bond acceptors (Lipinski definition) is 6. The Hall–Kier alpha value is -3.61. The van der Waals surface area contributed by atoms with Crippen molar-refractivity contribution in [2.75, 3.05) is 11.5 Å². The number of phenols is 2. The third-order valence-corrected chi connectivity index (χ3v) is 4.05.